The summed E-state index contributed by atoms with van der Waals surface area (Å²) in [4.78, 5) is 24.1. The van der Waals surface area contributed by atoms with E-state index in [4.69, 9.17) is 33.3 Å². The van der Waals surface area contributed by atoms with Crippen molar-refractivity contribution in [1.29, 1.82) is 0 Å². The molecule has 1 saturated carbocycles. The Balaban J connectivity index is 1.76. The van der Waals surface area contributed by atoms with Crippen LogP contribution in [0.3, 0.4) is 0 Å². The number of halogens is 4. The highest BCUT2D eigenvalue weighted by Crippen LogP contribution is 2.39. The van der Waals surface area contributed by atoms with Crippen molar-refractivity contribution in [1.82, 2.24) is 0 Å². The summed E-state index contributed by atoms with van der Waals surface area (Å²) in [5.41, 5.74) is -1.13. The minimum Gasteiger partial charge on any atom is -0.422 e. The molecule has 0 amide bonds. The van der Waals surface area contributed by atoms with E-state index < -0.39 is 40.4 Å². The van der Waals surface area contributed by atoms with Gasteiger partial charge >= 0.3 is 18.1 Å². The van der Waals surface area contributed by atoms with Gasteiger partial charge in [0.1, 0.15) is 4.99 Å². The molecule has 3 rings (SSSR count). The van der Waals surface area contributed by atoms with Crippen LogP contribution in [0.25, 0.3) is 0 Å². The second-order valence-electron chi connectivity index (χ2n) is 6.07. The van der Waals surface area contributed by atoms with Crippen LogP contribution in [0, 0.1) is 5.92 Å². The zero-order valence-corrected chi connectivity index (χ0v) is 14.8. The molecule has 2 fully saturated rings. The van der Waals surface area contributed by atoms with E-state index in [1.807, 2.05) is 0 Å². The van der Waals surface area contributed by atoms with Crippen molar-refractivity contribution in [3.8, 4) is 0 Å². The standard InChI is InChI=1S/C16H13ClF3NO4S/c17-10-4-3-8(7-9(10)16(18,19)20)21-12(26)11-13(22)24-15(25-14(11)23)5-1-2-6-15/h3-4,7,11H,1-2,5-6H2,(H,21,26). The van der Waals surface area contributed by atoms with E-state index in [9.17, 15) is 22.8 Å². The van der Waals surface area contributed by atoms with Crippen molar-refractivity contribution in [3.05, 3.63) is 28.8 Å². The Labute approximate surface area is 156 Å². The average molecular weight is 408 g/mol. The molecule has 1 aliphatic heterocycles. The van der Waals surface area contributed by atoms with Gasteiger partial charge in [0.25, 0.3) is 5.79 Å². The topological polar surface area (TPSA) is 64.6 Å². The molecule has 1 aromatic rings. The summed E-state index contributed by atoms with van der Waals surface area (Å²) in [7, 11) is 0. The number of hydrogen-bond acceptors (Lipinski definition) is 5. The molecule has 5 nitrogen and oxygen atoms in total. The molecule has 0 atom stereocenters. The highest BCUT2D eigenvalue weighted by molar-refractivity contribution is 7.80. The Morgan fingerprint density at radius 1 is 1.19 bits per heavy atom. The van der Waals surface area contributed by atoms with Gasteiger partial charge in [-0.05, 0) is 31.0 Å². The van der Waals surface area contributed by atoms with Crippen molar-refractivity contribution >= 4 is 46.4 Å². The molecule has 1 heterocycles. The normalized spacial score (nSPS) is 20.0. The maximum atomic E-state index is 12.9. The molecule has 0 radical (unpaired) electrons. The van der Waals surface area contributed by atoms with Crippen molar-refractivity contribution in [3.63, 3.8) is 0 Å². The fourth-order valence-corrected chi connectivity index (χ4v) is 3.50. The fourth-order valence-electron chi connectivity index (χ4n) is 2.97. The minimum absolute atomic E-state index is 0.0616. The van der Waals surface area contributed by atoms with Gasteiger partial charge in [0.15, 0.2) is 0 Å². The molecule has 1 N–H and O–H groups in total. The smallest absolute Gasteiger partial charge is 0.417 e. The third-order valence-electron chi connectivity index (χ3n) is 4.21. The van der Waals surface area contributed by atoms with Crippen LogP contribution in [0.4, 0.5) is 18.9 Å². The van der Waals surface area contributed by atoms with Crippen LogP contribution in [0.1, 0.15) is 31.2 Å². The molecule has 0 bridgehead atoms. The minimum atomic E-state index is -4.66. The number of nitrogens with one attached hydrogen (secondary N) is 1. The van der Waals surface area contributed by atoms with Gasteiger partial charge in [-0.2, -0.15) is 13.2 Å². The lowest BCUT2D eigenvalue weighted by atomic mass is 10.1. The van der Waals surface area contributed by atoms with Gasteiger partial charge in [0, 0.05) is 18.5 Å². The molecule has 2 aliphatic rings. The lowest BCUT2D eigenvalue weighted by molar-refractivity contribution is -0.245. The second kappa shape index (κ2) is 6.70. The number of carbonyl (C=O) groups excluding carboxylic acids is 2. The second-order valence-corrected chi connectivity index (χ2v) is 6.92. The van der Waals surface area contributed by atoms with E-state index in [-0.39, 0.29) is 10.7 Å². The molecule has 10 heteroatoms. The summed E-state index contributed by atoms with van der Waals surface area (Å²) in [5, 5.41) is 1.98. The number of alkyl halides is 3. The summed E-state index contributed by atoms with van der Waals surface area (Å²) in [6.45, 7) is 0. The molecule has 0 aromatic heterocycles. The zero-order valence-electron chi connectivity index (χ0n) is 13.2. The van der Waals surface area contributed by atoms with Crippen LogP contribution in [0.2, 0.25) is 5.02 Å². The summed E-state index contributed by atoms with van der Waals surface area (Å²) >= 11 is 10.6. The van der Waals surface area contributed by atoms with Crippen molar-refractivity contribution in [2.45, 2.75) is 37.6 Å². The molecule has 140 valence electrons. The SMILES string of the molecule is O=C1OC2(CCCC2)OC(=O)C1C(=S)Nc1ccc(Cl)c(C(F)(F)F)c1. The van der Waals surface area contributed by atoms with Gasteiger partial charge < -0.3 is 14.8 Å². The van der Waals surface area contributed by atoms with Crippen LogP contribution >= 0.6 is 23.8 Å². The maximum absolute atomic E-state index is 12.9. The Hall–Kier alpha value is -1.87. The number of carbonyl (C=O) groups is 2. The first kappa shape index (κ1) is 18.9. The van der Waals surface area contributed by atoms with E-state index in [0.29, 0.717) is 12.8 Å². The van der Waals surface area contributed by atoms with E-state index >= 15 is 0 Å². The van der Waals surface area contributed by atoms with Crippen molar-refractivity contribution in [2.75, 3.05) is 5.32 Å². The first-order valence-corrected chi connectivity index (χ1v) is 8.53. The quantitative estimate of drug-likeness (QED) is 0.452. The van der Waals surface area contributed by atoms with Gasteiger partial charge in [-0.25, -0.2) is 0 Å². The van der Waals surface area contributed by atoms with Crippen LogP contribution in [-0.4, -0.2) is 22.7 Å². The van der Waals surface area contributed by atoms with Gasteiger partial charge in [0.05, 0.1) is 10.6 Å². The fraction of sp³-hybridized carbons (Fsp3) is 0.438. The Bertz CT molecular complexity index is 757. The highest BCUT2D eigenvalue weighted by Gasteiger charge is 2.51. The number of anilines is 1. The first-order chi connectivity index (χ1) is 12.1. The van der Waals surface area contributed by atoms with E-state index in [1.165, 1.54) is 6.07 Å². The predicted octanol–water partition coefficient (Wildman–Crippen LogP) is 4.08. The molecule has 1 spiro atoms. The molecule has 26 heavy (non-hydrogen) atoms. The van der Waals surface area contributed by atoms with Crippen LogP contribution < -0.4 is 5.32 Å². The van der Waals surface area contributed by atoms with Crippen molar-refractivity contribution < 1.29 is 32.2 Å². The Kier molecular flexibility index (Phi) is 4.87. The Morgan fingerprint density at radius 2 is 1.77 bits per heavy atom. The average Bonchev–Trinajstić information content (AvgIpc) is 2.94. The van der Waals surface area contributed by atoms with Gasteiger partial charge in [-0.1, -0.05) is 23.8 Å². The number of rotatable bonds is 2. The van der Waals surface area contributed by atoms with Gasteiger partial charge in [-0.3, -0.25) is 9.59 Å². The summed E-state index contributed by atoms with van der Waals surface area (Å²) in [5.74, 6) is -4.50. The number of esters is 2. The number of benzene rings is 1. The van der Waals surface area contributed by atoms with Crippen molar-refractivity contribution in [2.24, 2.45) is 5.92 Å². The number of thiocarbonyl (C=S) groups is 1. The lowest BCUT2D eigenvalue weighted by Crippen LogP contribution is -2.51. The van der Waals surface area contributed by atoms with Crippen LogP contribution in [0.15, 0.2) is 18.2 Å². The zero-order chi connectivity index (χ0) is 19.1. The van der Waals surface area contributed by atoms with Crippen LogP contribution in [0.5, 0.6) is 0 Å². The molecule has 1 saturated heterocycles. The van der Waals surface area contributed by atoms with Gasteiger partial charge in [-0.15, -0.1) is 0 Å². The van der Waals surface area contributed by atoms with Crippen LogP contribution in [-0.2, 0) is 25.2 Å². The van der Waals surface area contributed by atoms with E-state index in [2.05, 4.69) is 5.32 Å². The summed E-state index contributed by atoms with van der Waals surface area (Å²) in [6.07, 6.45) is -2.29. The molecule has 1 aromatic carbocycles. The summed E-state index contributed by atoms with van der Waals surface area (Å²) < 4.78 is 49.3. The predicted molar refractivity (Wildman–Crippen MR) is 89.5 cm³/mol. The van der Waals surface area contributed by atoms with E-state index in [1.54, 1.807) is 0 Å². The Morgan fingerprint density at radius 3 is 2.31 bits per heavy atom. The number of hydrogen-bond donors (Lipinski definition) is 1. The number of ether oxygens (including phenoxy) is 2. The maximum Gasteiger partial charge on any atom is 0.417 e. The monoisotopic (exact) mass is 407 g/mol. The first-order valence-electron chi connectivity index (χ1n) is 7.75. The van der Waals surface area contributed by atoms with E-state index in [0.717, 1.165) is 25.0 Å². The van der Waals surface area contributed by atoms with Gasteiger partial charge in [0.2, 0.25) is 5.92 Å². The molecular weight excluding hydrogens is 395 g/mol. The highest BCUT2D eigenvalue weighted by atomic mass is 35.5. The molecule has 0 unspecified atom stereocenters. The third-order valence-corrected chi connectivity index (χ3v) is 4.88. The molecule has 1 aliphatic carbocycles. The largest absolute Gasteiger partial charge is 0.422 e. The summed E-state index contributed by atoms with van der Waals surface area (Å²) in [6, 6.07) is 3.04. The third kappa shape index (κ3) is 3.64. The molecular formula is C16H13ClF3NO4S. The lowest BCUT2D eigenvalue weighted by Gasteiger charge is -2.35.